The van der Waals surface area contributed by atoms with Gasteiger partial charge in [0, 0.05) is 30.5 Å². The van der Waals surface area contributed by atoms with Gasteiger partial charge in [0.1, 0.15) is 0 Å². The lowest BCUT2D eigenvalue weighted by atomic mass is 10.1. The number of rotatable bonds is 1. The van der Waals surface area contributed by atoms with Crippen LogP contribution in [-0.4, -0.2) is 37.6 Å². The monoisotopic (exact) mass is 217 g/mol. The summed E-state index contributed by atoms with van der Waals surface area (Å²) in [6.45, 7) is 3.59. The van der Waals surface area contributed by atoms with Crippen LogP contribution in [0.3, 0.4) is 0 Å². The van der Waals surface area contributed by atoms with Crippen LogP contribution >= 0.6 is 0 Å². The summed E-state index contributed by atoms with van der Waals surface area (Å²) in [6, 6.07) is 7.05. The Hall–Kier alpha value is -1.22. The first-order valence-corrected chi connectivity index (χ1v) is 6.07. The highest BCUT2D eigenvalue weighted by Gasteiger charge is 2.30. The van der Waals surface area contributed by atoms with Crippen LogP contribution < -0.4 is 10.6 Å². The highest BCUT2D eigenvalue weighted by molar-refractivity contribution is 5.63. The molecule has 0 spiro atoms. The fraction of sp³-hybridized carbons (Fsp3) is 0.538. The van der Waals surface area contributed by atoms with Crippen molar-refractivity contribution >= 4 is 11.4 Å². The molecule has 1 saturated heterocycles. The van der Waals surface area contributed by atoms with E-state index in [1.807, 2.05) is 6.07 Å². The highest BCUT2D eigenvalue weighted by atomic mass is 15.3. The second-order valence-corrected chi connectivity index (χ2v) is 5.04. The van der Waals surface area contributed by atoms with Crippen LogP contribution in [0.25, 0.3) is 0 Å². The molecule has 0 aromatic heterocycles. The number of benzene rings is 1. The minimum Gasteiger partial charge on any atom is -0.399 e. The summed E-state index contributed by atoms with van der Waals surface area (Å²) < 4.78 is 0. The summed E-state index contributed by atoms with van der Waals surface area (Å²) in [6.07, 6.45) is 2.45. The van der Waals surface area contributed by atoms with Crippen molar-refractivity contribution in [2.24, 2.45) is 0 Å². The predicted molar refractivity (Wildman–Crippen MR) is 67.8 cm³/mol. The van der Waals surface area contributed by atoms with Gasteiger partial charge in [-0.15, -0.1) is 0 Å². The van der Waals surface area contributed by atoms with Crippen LogP contribution in [0.1, 0.15) is 12.0 Å². The predicted octanol–water partition coefficient (Wildman–Crippen LogP) is 1.34. The van der Waals surface area contributed by atoms with Crippen molar-refractivity contribution in [1.82, 2.24) is 4.90 Å². The smallest absolute Gasteiger partial charge is 0.0429 e. The Bertz CT molecular complexity index is 402. The van der Waals surface area contributed by atoms with Gasteiger partial charge < -0.3 is 15.5 Å². The lowest BCUT2D eigenvalue weighted by Crippen LogP contribution is -2.35. The quantitative estimate of drug-likeness (QED) is 0.720. The van der Waals surface area contributed by atoms with Crippen molar-refractivity contribution in [1.29, 1.82) is 0 Å². The Morgan fingerprint density at radius 2 is 2.19 bits per heavy atom. The molecule has 16 heavy (non-hydrogen) atoms. The standard InChI is InChI=1S/C13H19N3/c1-15-6-5-12(9-15)16-7-4-10-8-11(14)2-3-13(10)16/h2-3,8,12H,4-7,9,14H2,1H3. The van der Waals surface area contributed by atoms with Crippen molar-refractivity contribution in [2.45, 2.75) is 18.9 Å². The van der Waals surface area contributed by atoms with Crippen LogP contribution in [-0.2, 0) is 6.42 Å². The summed E-state index contributed by atoms with van der Waals surface area (Å²) in [5, 5.41) is 0. The average Bonchev–Trinajstić information content (AvgIpc) is 2.83. The zero-order valence-electron chi connectivity index (χ0n) is 9.82. The fourth-order valence-electron chi connectivity index (χ4n) is 2.99. The number of anilines is 2. The number of nitrogens with zero attached hydrogens (tertiary/aromatic N) is 2. The minimum absolute atomic E-state index is 0.704. The van der Waals surface area contributed by atoms with Crippen molar-refractivity contribution in [3.05, 3.63) is 23.8 Å². The maximum absolute atomic E-state index is 5.83. The molecule has 0 saturated carbocycles. The molecule has 1 aromatic rings. The largest absolute Gasteiger partial charge is 0.399 e. The van der Waals surface area contributed by atoms with E-state index in [4.69, 9.17) is 5.73 Å². The molecule has 0 amide bonds. The van der Waals surface area contributed by atoms with E-state index in [1.54, 1.807) is 0 Å². The Morgan fingerprint density at radius 3 is 2.94 bits per heavy atom. The summed E-state index contributed by atoms with van der Waals surface area (Å²) in [5.41, 5.74) is 9.55. The zero-order chi connectivity index (χ0) is 11.1. The van der Waals surface area contributed by atoms with Crippen LogP contribution in [0.5, 0.6) is 0 Å². The van der Waals surface area contributed by atoms with Gasteiger partial charge in [-0.25, -0.2) is 0 Å². The number of nitrogens with two attached hydrogens (primary N) is 1. The number of likely N-dealkylation sites (N-methyl/N-ethyl adjacent to an activating group) is 1. The van der Waals surface area contributed by atoms with Gasteiger partial charge >= 0.3 is 0 Å². The van der Waals surface area contributed by atoms with Gasteiger partial charge in [0.25, 0.3) is 0 Å². The normalized spacial score (nSPS) is 25.1. The van der Waals surface area contributed by atoms with E-state index in [9.17, 15) is 0 Å². The topological polar surface area (TPSA) is 32.5 Å². The number of hydrogen-bond donors (Lipinski definition) is 1. The first-order valence-electron chi connectivity index (χ1n) is 6.07. The second kappa shape index (κ2) is 3.67. The molecule has 1 fully saturated rings. The Balaban J connectivity index is 1.86. The number of nitrogen functional groups attached to an aromatic ring is 1. The van der Waals surface area contributed by atoms with Crippen molar-refractivity contribution in [3.63, 3.8) is 0 Å². The third kappa shape index (κ3) is 1.55. The molecule has 3 rings (SSSR count). The van der Waals surface area contributed by atoms with Crippen LogP contribution in [0, 0.1) is 0 Å². The molecule has 0 radical (unpaired) electrons. The minimum atomic E-state index is 0.704. The molecule has 0 bridgehead atoms. The van der Waals surface area contributed by atoms with E-state index in [0.29, 0.717) is 6.04 Å². The number of hydrogen-bond acceptors (Lipinski definition) is 3. The Morgan fingerprint density at radius 1 is 1.31 bits per heavy atom. The Kier molecular flexibility index (Phi) is 2.28. The van der Waals surface area contributed by atoms with Crippen LogP contribution in [0.4, 0.5) is 11.4 Å². The molecule has 2 aliphatic rings. The lowest BCUT2D eigenvalue weighted by Gasteiger charge is -2.26. The van der Waals surface area contributed by atoms with Gasteiger partial charge in [-0.05, 0) is 50.2 Å². The summed E-state index contributed by atoms with van der Waals surface area (Å²) >= 11 is 0. The lowest BCUT2D eigenvalue weighted by molar-refractivity contribution is 0.408. The van der Waals surface area contributed by atoms with Crippen LogP contribution in [0.2, 0.25) is 0 Å². The third-order valence-electron chi connectivity index (χ3n) is 3.84. The maximum Gasteiger partial charge on any atom is 0.0429 e. The van der Waals surface area contributed by atoms with E-state index in [-0.39, 0.29) is 0 Å². The average molecular weight is 217 g/mol. The molecule has 1 atom stereocenters. The van der Waals surface area contributed by atoms with Gasteiger partial charge in [-0.1, -0.05) is 0 Å². The molecule has 2 N–H and O–H groups in total. The molecule has 3 heteroatoms. The van der Waals surface area contributed by atoms with Crippen molar-refractivity contribution < 1.29 is 0 Å². The van der Waals surface area contributed by atoms with Gasteiger partial charge in [0.2, 0.25) is 0 Å². The van der Waals surface area contributed by atoms with E-state index in [2.05, 4.69) is 29.0 Å². The molecule has 2 heterocycles. The molecular weight excluding hydrogens is 198 g/mol. The van der Waals surface area contributed by atoms with Gasteiger partial charge in [0.15, 0.2) is 0 Å². The van der Waals surface area contributed by atoms with E-state index in [1.165, 1.54) is 30.8 Å². The third-order valence-corrected chi connectivity index (χ3v) is 3.84. The number of fused-ring (bicyclic) bond motifs is 1. The van der Waals surface area contributed by atoms with E-state index >= 15 is 0 Å². The summed E-state index contributed by atoms with van der Waals surface area (Å²) in [4.78, 5) is 4.98. The molecule has 1 unspecified atom stereocenters. The zero-order valence-corrected chi connectivity index (χ0v) is 9.82. The second-order valence-electron chi connectivity index (χ2n) is 5.04. The van der Waals surface area contributed by atoms with Crippen molar-refractivity contribution in [3.8, 4) is 0 Å². The Labute approximate surface area is 96.8 Å². The molecule has 3 nitrogen and oxygen atoms in total. The SMILES string of the molecule is CN1CCC(N2CCc3cc(N)ccc32)C1. The van der Waals surface area contributed by atoms with Gasteiger partial charge in [-0.3, -0.25) is 0 Å². The van der Waals surface area contributed by atoms with E-state index in [0.717, 1.165) is 18.7 Å². The first kappa shape index (κ1) is 9.97. The van der Waals surface area contributed by atoms with Gasteiger partial charge in [-0.2, -0.15) is 0 Å². The van der Waals surface area contributed by atoms with Gasteiger partial charge in [0.05, 0.1) is 0 Å². The molecule has 1 aromatic carbocycles. The molecule has 86 valence electrons. The van der Waals surface area contributed by atoms with E-state index < -0.39 is 0 Å². The molecule has 2 aliphatic heterocycles. The van der Waals surface area contributed by atoms with Crippen LogP contribution in [0.15, 0.2) is 18.2 Å². The fourth-order valence-corrected chi connectivity index (χ4v) is 2.99. The summed E-state index contributed by atoms with van der Waals surface area (Å²) in [7, 11) is 2.21. The maximum atomic E-state index is 5.83. The molecule has 0 aliphatic carbocycles. The highest BCUT2D eigenvalue weighted by Crippen LogP contribution is 2.33. The number of likely N-dealkylation sites (tertiary alicyclic amines) is 1. The first-order chi connectivity index (χ1) is 7.74. The summed E-state index contributed by atoms with van der Waals surface area (Å²) in [5.74, 6) is 0. The van der Waals surface area contributed by atoms with Crippen molar-refractivity contribution in [2.75, 3.05) is 37.3 Å². The molecular formula is C13H19N3.